The van der Waals surface area contributed by atoms with Crippen LogP contribution in [-0.4, -0.2) is 11.4 Å². The molecule has 1 rings (SSSR count). The van der Waals surface area contributed by atoms with Crippen LogP contribution >= 0.6 is 11.8 Å². The van der Waals surface area contributed by atoms with E-state index in [1.807, 2.05) is 30.5 Å². The fourth-order valence-corrected chi connectivity index (χ4v) is 1.46. The zero-order chi connectivity index (χ0) is 9.19. The number of hydrogen-bond acceptors (Lipinski definition) is 2. The molecule has 0 saturated heterocycles. The first-order valence-corrected chi connectivity index (χ1v) is 5.13. The molecule has 0 radical (unpaired) electrons. The SMILES string of the molecule is CSc1cccc(C(C)(C)O)c1. The van der Waals surface area contributed by atoms with Gasteiger partial charge in [-0.05, 0) is 37.8 Å². The van der Waals surface area contributed by atoms with Gasteiger partial charge in [0.15, 0.2) is 0 Å². The van der Waals surface area contributed by atoms with Gasteiger partial charge in [0.1, 0.15) is 0 Å². The number of thioether (sulfide) groups is 1. The molecule has 0 atom stereocenters. The average molecular weight is 182 g/mol. The van der Waals surface area contributed by atoms with E-state index < -0.39 is 5.60 Å². The maximum Gasteiger partial charge on any atom is 0.0840 e. The van der Waals surface area contributed by atoms with Gasteiger partial charge in [0, 0.05) is 4.90 Å². The fraction of sp³-hybridized carbons (Fsp3) is 0.400. The van der Waals surface area contributed by atoms with E-state index in [4.69, 9.17) is 0 Å². The van der Waals surface area contributed by atoms with Crippen LogP contribution in [0.2, 0.25) is 0 Å². The van der Waals surface area contributed by atoms with Crippen LogP contribution in [0.1, 0.15) is 19.4 Å². The van der Waals surface area contributed by atoms with Gasteiger partial charge in [-0.25, -0.2) is 0 Å². The summed E-state index contributed by atoms with van der Waals surface area (Å²) in [7, 11) is 0. The Balaban J connectivity index is 3.02. The minimum atomic E-state index is -0.730. The van der Waals surface area contributed by atoms with Gasteiger partial charge in [-0.1, -0.05) is 12.1 Å². The van der Waals surface area contributed by atoms with Crippen molar-refractivity contribution >= 4 is 11.8 Å². The lowest BCUT2D eigenvalue weighted by molar-refractivity contribution is 0.0784. The standard InChI is InChI=1S/C10H14OS/c1-10(2,11)8-5-4-6-9(7-8)12-3/h4-7,11H,1-3H3. The largest absolute Gasteiger partial charge is 0.386 e. The summed E-state index contributed by atoms with van der Waals surface area (Å²) in [6.45, 7) is 3.60. The molecule has 2 heteroatoms. The van der Waals surface area contributed by atoms with Gasteiger partial charge in [-0.3, -0.25) is 0 Å². The second-order valence-electron chi connectivity index (χ2n) is 3.29. The first-order chi connectivity index (χ1) is 5.54. The summed E-state index contributed by atoms with van der Waals surface area (Å²) in [5, 5.41) is 9.70. The normalized spacial score (nSPS) is 11.7. The molecular formula is C10H14OS. The van der Waals surface area contributed by atoms with E-state index in [1.165, 1.54) is 4.90 Å². The summed E-state index contributed by atoms with van der Waals surface area (Å²) in [4.78, 5) is 1.19. The molecule has 0 heterocycles. The summed E-state index contributed by atoms with van der Waals surface area (Å²) in [5.74, 6) is 0. The van der Waals surface area contributed by atoms with E-state index in [0.29, 0.717) is 0 Å². The first kappa shape index (κ1) is 9.62. The Kier molecular flexibility index (Phi) is 2.80. The van der Waals surface area contributed by atoms with Gasteiger partial charge in [0.25, 0.3) is 0 Å². The third kappa shape index (κ3) is 2.26. The van der Waals surface area contributed by atoms with Crippen molar-refractivity contribution in [3.8, 4) is 0 Å². The van der Waals surface area contributed by atoms with Crippen LogP contribution in [-0.2, 0) is 5.60 Å². The highest BCUT2D eigenvalue weighted by atomic mass is 32.2. The summed E-state index contributed by atoms with van der Waals surface area (Å²) in [6, 6.07) is 7.98. The zero-order valence-corrected chi connectivity index (χ0v) is 8.48. The molecule has 1 N–H and O–H groups in total. The van der Waals surface area contributed by atoms with Crippen molar-refractivity contribution in [2.45, 2.75) is 24.3 Å². The molecule has 0 aromatic heterocycles. The summed E-state index contributed by atoms with van der Waals surface area (Å²) in [5.41, 5.74) is 0.237. The van der Waals surface area contributed by atoms with Gasteiger partial charge >= 0.3 is 0 Å². The molecule has 0 amide bonds. The van der Waals surface area contributed by atoms with Crippen LogP contribution < -0.4 is 0 Å². The minimum absolute atomic E-state index is 0.730. The number of aliphatic hydroxyl groups is 1. The summed E-state index contributed by atoms with van der Waals surface area (Å²) >= 11 is 1.69. The molecular weight excluding hydrogens is 168 g/mol. The van der Waals surface area contributed by atoms with Crippen molar-refractivity contribution in [3.05, 3.63) is 29.8 Å². The second-order valence-corrected chi connectivity index (χ2v) is 4.17. The Hall–Kier alpha value is -0.470. The van der Waals surface area contributed by atoms with Crippen molar-refractivity contribution < 1.29 is 5.11 Å². The summed E-state index contributed by atoms with van der Waals surface area (Å²) < 4.78 is 0. The Morgan fingerprint density at radius 2 is 2.00 bits per heavy atom. The van der Waals surface area contributed by atoms with Crippen molar-refractivity contribution in [1.82, 2.24) is 0 Å². The van der Waals surface area contributed by atoms with E-state index in [2.05, 4.69) is 0 Å². The van der Waals surface area contributed by atoms with E-state index in [0.717, 1.165) is 5.56 Å². The highest BCUT2D eigenvalue weighted by molar-refractivity contribution is 7.98. The van der Waals surface area contributed by atoms with Crippen LogP contribution in [0.5, 0.6) is 0 Å². The lowest BCUT2D eigenvalue weighted by atomic mass is 9.99. The molecule has 12 heavy (non-hydrogen) atoms. The van der Waals surface area contributed by atoms with Gasteiger partial charge in [0.05, 0.1) is 5.60 Å². The van der Waals surface area contributed by atoms with Crippen LogP contribution in [0.25, 0.3) is 0 Å². The maximum atomic E-state index is 9.70. The first-order valence-electron chi connectivity index (χ1n) is 3.91. The molecule has 1 nitrogen and oxygen atoms in total. The quantitative estimate of drug-likeness (QED) is 0.709. The van der Waals surface area contributed by atoms with Crippen molar-refractivity contribution in [3.63, 3.8) is 0 Å². The third-order valence-corrected chi connectivity index (χ3v) is 2.50. The molecule has 0 aliphatic carbocycles. The van der Waals surface area contributed by atoms with E-state index in [9.17, 15) is 5.11 Å². The van der Waals surface area contributed by atoms with Crippen LogP contribution in [0, 0.1) is 0 Å². The average Bonchev–Trinajstić information content (AvgIpc) is 2.03. The lowest BCUT2D eigenvalue weighted by Gasteiger charge is -2.17. The number of rotatable bonds is 2. The van der Waals surface area contributed by atoms with Crippen molar-refractivity contribution in [1.29, 1.82) is 0 Å². The molecule has 0 bridgehead atoms. The predicted molar refractivity (Wildman–Crippen MR) is 53.5 cm³/mol. The molecule has 0 aliphatic rings. The lowest BCUT2D eigenvalue weighted by Crippen LogP contribution is -2.15. The van der Waals surface area contributed by atoms with Crippen molar-refractivity contribution in [2.24, 2.45) is 0 Å². The predicted octanol–water partition coefficient (Wildman–Crippen LogP) is 2.64. The van der Waals surface area contributed by atoms with Crippen molar-refractivity contribution in [2.75, 3.05) is 6.26 Å². The molecule has 0 fully saturated rings. The molecule has 0 unspecified atom stereocenters. The van der Waals surface area contributed by atoms with Gasteiger partial charge in [-0.2, -0.15) is 0 Å². The highest BCUT2D eigenvalue weighted by Gasteiger charge is 2.15. The second kappa shape index (κ2) is 3.50. The number of benzene rings is 1. The Morgan fingerprint density at radius 3 is 2.50 bits per heavy atom. The highest BCUT2D eigenvalue weighted by Crippen LogP contribution is 2.23. The molecule has 0 aliphatic heterocycles. The molecule has 0 saturated carbocycles. The topological polar surface area (TPSA) is 20.2 Å². The Labute approximate surface area is 77.8 Å². The Bertz CT molecular complexity index is 263. The van der Waals surface area contributed by atoms with Gasteiger partial charge in [0.2, 0.25) is 0 Å². The molecule has 0 spiro atoms. The summed E-state index contributed by atoms with van der Waals surface area (Å²) in [6.07, 6.45) is 2.03. The Morgan fingerprint density at radius 1 is 1.33 bits per heavy atom. The molecule has 66 valence electrons. The van der Waals surface area contributed by atoms with Crippen LogP contribution in [0.15, 0.2) is 29.2 Å². The minimum Gasteiger partial charge on any atom is -0.386 e. The van der Waals surface area contributed by atoms with Gasteiger partial charge in [-0.15, -0.1) is 11.8 Å². The monoisotopic (exact) mass is 182 g/mol. The molecule has 1 aromatic carbocycles. The number of hydrogen-bond donors (Lipinski definition) is 1. The fourth-order valence-electron chi connectivity index (χ4n) is 1.00. The van der Waals surface area contributed by atoms with Crippen LogP contribution in [0.4, 0.5) is 0 Å². The maximum absolute atomic E-state index is 9.70. The van der Waals surface area contributed by atoms with E-state index in [1.54, 1.807) is 25.6 Å². The zero-order valence-electron chi connectivity index (χ0n) is 7.66. The smallest absolute Gasteiger partial charge is 0.0840 e. The van der Waals surface area contributed by atoms with E-state index in [-0.39, 0.29) is 0 Å². The van der Waals surface area contributed by atoms with E-state index >= 15 is 0 Å². The van der Waals surface area contributed by atoms with Gasteiger partial charge < -0.3 is 5.11 Å². The van der Waals surface area contributed by atoms with Crippen LogP contribution in [0.3, 0.4) is 0 Å². The molecule has 1 aromatic rings. The third-order valence-electron chi connectivity index (χ3n) is 1.78.